The molecule has 3 aromatic carbocycles. The van der Waals surface area contributed by atoms with Gasteiger partial charge in [-0.2, -0.15) is 0 Å². The van der Waals surface area contributed by atoms with Gasteiger partial charge in [-0.3, -0.25) is 19.4 Å². The number of hydrogen-bond donors (Lipinski definition) is 1. The standard InChI is InChI=1S/C29H27N3O4S2/c1-31-17-21(19-13-14-23(35-2)24(15-19)36-3)29(28(31)20-11-7-8-12-22(20)30-25(28)33)26(34)32(27(37)38-29)16-18-9-5-4-6-10-18/h4-15,21H,16-17H2,1-3H3,(H,30,33). The third-order valence-electron chi connectivity index (χ3n) is 7.98. The summed E-state index contributed by atoms with van der Waals surface area (Å²) in [5.74, 6) is 0.434. The van der Waals surface area contributed by atoms with Gasteiger partial charge in [-0.15, -0.1) is 0 Å². The van der Waals surface area contributed by atoms with E-state index in [1.54, 1.807) is 19.1 Å². The number of thiocarbonyl (C=S) groups is 1. The molecular formula is C29H27N3O4S2. The van der Waals surface area contributed by atoms with Crippen LogP contribution in [0, 0.1) is 0 Å². The zero-order chi connectivity index (χ0) is 26.7. The second-order valence-corrected chi connectivity index (χ2v) is 11.6. The molecule has 0 aromatic heterocycles. The molecule has 0 bridgehead atoms. The average Bonchev–Trinajstić information content (AvgIpc) is 3.48. The van der Waals surface area contributed by atoms with Gasteiger partial charge in [0.25, 0.3) is 5.91 Å². The van der Waals surface area contributed by atoms with Crippen molar-refractivity contribution in [1.29, 1.82) is 0 Å². The zero-order valence-corrected chi connectivity index (χ0v) is 22.9. The number of benzene rings is 3. The maximum absolute atomic E-state index is 14.8. The number of carbonyl (C=O) groups excluding carboxylic acids is 2. The minimum atomic E-state index is -1.25. The molecule has 2 saturated heterocycles. The molecule has 194 valence electrons. The summed E-state index contributed by atoms with van der Waals surface area (Å²) in [6.45, 7) is 0.812. The monoisotopic (exact) mass is 545 g/mol. The molecule has 2 spiro atoms. The number of carbonyl (C=O) groups is 2. The molecule has 3 aliphatic rings. The molecule has 6 rings (SSSR count). The summed E-state index contributed by atoms with van der Waals surface area (Å²) < 4.78 is 10.3. The highest BCUT2D eigenvalue weighted by Gasteiger charge is 2.77. The Balaban J connectivity index is 1.57. The quantitative estimate of drug-likeness (QED) is 0.477. The van der Waals surface area contributed by atoms with Gasteiger partial charge in [0.15, 0.2) is 17.0 Å². The first-order valence-electron chi connectivity index (χ1n) is 12.3. The summed E-state index contributed by atoms with van der Waals surface area (Å²) in [7, 11) is 5.10. The molecule has 7 nitrogen and oxygen atoms in total. The number of anilines is 1. The molecule has 0 aliphatic carbocycles. The first-order chi connectivity index (χ1) is 18.4. The first-order valence-corrected chi connectivity index (χ1v) is 13.5. The highest BCUT2D eigenvalue weighted by atomic mass is 32.2. The number of likely N-dealkylation sites (N-methyl/N-ethyl adjacent to an activating group) is 1. The lowest BCUT2D eigenvalue weighted by Gasteiger charge is -2.41. The molecule has 3 aromatic rings. The number of likely N-dealkylation sites (tertiary alicyclic amines) is 1. The number of para-hydroxylation sites is 1. The van der Waals surface area contributed by atoms with Crippen LogP contribution in [0.2, 0.25) is 0 Å². The number of nitrogens with one attached hydrogen (secondary N) is 1. The Labute approximate surface area is 231 Å². The van der Waals surface area contributed by atoms with Crippen molar-refractivity contribution in [2.75, 3.05) is 33.1 Å². The van der Waals surface area contributed by atoms with Crippen LogP contribution in [0.5, 0.6) is 11.5 Å². The summed E-state index contributed by atoms with van der Waals surface area (Å²) >= 11 is 7.22. The van der Waals surface area contributed by atoms with Gasteiger partial charge in [0.1, 0.15) is 9.07 Å². The number of ether oxygens (including phenoxy) is 2. The second kappa shape index (κ2) is 9.11. The van der Waals surface area contributed by atoms with Crippen molar-refractivity contribution in [3.05, 3.63) is 89.5 Å². The van der Waals surface area contributed by atoms with E-state index in [1.807, 2.05) is 84.7 Å². The molecule has 1 N–H and O–H groups in total. The van der Waals surface area contributed by atoms with E-state index in [9.17, 15) is 9.59 Å². The molecule has 3 heterocycles. The van der Waals surface area contributed by atoms with Gasteiger partial charge >= 0.3 is 0 Å². The van der Waals surface area contributed by atoms with E-state index in [2.05, 4.69) is 5.32 Å². The lowest BCUT2D eigenvalue weighted by atomic mass is 9.72. The van der Waals surface area contributed by atoms with Gasteiger partial charge in [0.05, 0.1) is 20.8 Å². The van der Waals surface area contributed by atoms with E-state index < -0.39 is 10.3 Å². The van der Waals surface area contributed by atoms with E-state index in [4.69, 9.17) is 21.7 Å². The van der Waals surface area contributed by atoms with Gasteiger partial charge in [0, 0.05) is 23.7 Å². The van der Waals surface area contributed by atoms with Crippen molar-refractivity contribution < 1.29 is 19.1 Å². The van der Waals surface area contributed by atoms with Crippen molar-refractivity contribution in [3.63, 3.8) is 0 Å². The maximum Gasteiger partial charge on any atom is 0.251 e. The van der Waals surface area contributed by atoms with Gasteiger partial charge < -0.3 is 14.8 Å². The smallest absolute Gasteiger partial charge is 0.251 e. The third kappa shape index (κ3) is 3.22. The average molecular weight is 546 g/mol. The zero-order valence-electron chi connectivity index (χ0n) is 21.3. The van der Waals surface area contributed by atoms with Gasteiger partial charge in [-0.05, 0) is 36.4 Å². The molecule has 0 saturated carbocycles. The van der Waals surface area contributed by atoms with Crippen LogP contribution >= 0.6 is 24.0 Å². The first kappa shape index (κ1) is 24.9. The Bertz CT molecular complexity index is 1470. The summed E-state index contributed by atoms with van der Waals surface area (Å²) in [4.78, 5) is 32.6. The van der Waals surface area contributed by atoms with Gasteiger partial charge in [-0.1, -0.05) is 78.6 Å². The maximum atomic E-state index is 14.8. The molecule has 2 amide bonds. The molecule has 0 radical (unpaired) electrons. The van der Waals surface area contributed by atoms with Crippen LogP contribution in [0.25, 0.3) is 0 Å². The Morgan fingerprint density at radius 2 is 1.71 bits per heavy atom. The molecule has 9 heteroatoms. The van der Waals surface area contributed by atoms with Crippen LogP contribution in [0.4, 0.5) is 5.69 Å². The highest BCUT2D eigenvalue weighted by molar-refractivity contribution is 8.25. The Hall–Kier alpha value is -3.40. The van der Waals surface area contributed by atoms with E-state index in [0.29, 0.717) is 28.9 Å². The normalized spacial score (nSPS) is 26.3. The van der Waals surface area contributed by atoms with E-state index in [-0.39, 0.29) is 17.7 Å². The van der Waals surface area contributed by atoms with Crippen molar-refractivity contribution in [3.8, 4) is 11.5 Å². The summed E-state index contributed by atoms with van der Waals surface area (Å²) in [6.07, 6.45) is 0. The Morgan fingerprint density at radius 1 is 1.00 bits per heavy atom. The molecule has 2 fully saturated rings. The molecular weight excluding hydrogens is 518 g/mol. The van der Waals surface area contributed by atoms with Crippen molar-refractivity contribution >= 4 is 45.8 Å². The fourth-order valence-corrected chi connectivity index (χ4v) is 8.48. The van der Waals surface area contributed by atoms with Crippen LogP contribution < -0.4 is 14.8 Å². The number of fused-ring (bicyclic) bond motifs is 3. The minimum Gasteiger partial charge on any atom is -0.493 e. The van der Waals surface area contributed by atoms with Gasteiger partial charge in [-0.25, -0.2) is 0 Å². The van der Waals surface area contributed by atoms with E-state index in [1.165, 1.54) is 11.8 Å². The predicted octanol–water partition coefficient (Wildman–Crippen LogP) is 4.38. The Morgan fingerprint density at radius 3 is 2.45 bits per heavy atom. The fraction of sp³-hybridized carbons (Fsp3) is 0.276. The minimum absolute atomic E-state index is 0.160. The lowest BCUT2D eigenvalue weighted by Crippen LogP contribution is -2.61. The summed E-state index contributed by atoms with van der Waals surface area (Å²) in [5.41, 5.74) is 2.12. The number of hydrogen-bond acceptors (Lipinski definition) is 7. The number of nitrogens with zero attached hydrogens (tertiary/aromatic N) is 2. The Kier molecular flexibility index (Phi) is 5.97. The van der Waals surface area contributed by atoms with Crippen molar-refractivity contribution in [1.82, 2.24) is 9.80 Å². The van der Waals surface area contributed by atoms with Crippen LogP contribution in [0.3, 0.4) is 0 Å². The molecule has 3 atom stereocenters. The van der Waals surface area contributed by atoms with Crippen LogP contribution in [0.1, 0.15) is 22.6 Å². The molecule has 38 heavy (non-hydrogen) atoms. The number of thioether (sulfide) groups is 1. The third-order valence-corrected chi connectivity index (χ3v) is 9.92. The summed E-state index contributed by atoms with van der Waals surface area (Å²) in [6, 6.07) is 23.1. The topological polar surface area (TPSA) is 71.1 Å². The van der Waals surface area contributed by atoms with Crippen LogP contribution in [-0.2, 0) is 21.7 Å². The van der Waals surface area contributed by atoms with Crippen molar-refractivity contribution in [2.24, 2.45) is 0 Å². The molecule has 3 unspecified atom stereocenters. The highest BCUT2D eigenvalue weighted by Crippen LogP contribution is 2.66. The fourth-order valence-electron chi connectivity index (χ4n) is 6.35. The predicted molar refractivity (Wildman–Crippen MR) is 152 cm³/mol. The van der Waals surface area contributed by atoms with Crippen LogP contribution in [-0.4, -0.2) is 58.5 Å². The SMILES string of the molecule is COc1ccc(C2CN(C)C3(C(=O)Nc4ccccc43)C23SC(=S)N(Cc2ccccc2)C3=O)cc1OC. The van der Waals surface area contributed by atoms with Gasteiger partial charge in [0.2, 0.25) is 5.91 Å². The lowest BCUT2D eigenvalue weighted by molar-refractivity contribution is -0.138. The number of methoxy groups -OCH3 is 2. The second-order valence-electron chi connectivity index (χ2n) is 9.74. The van der Waals surface area contributed by atoms with Crippen molar-refractivity contribution in [2.45, 2.75) is 22.7 Å². The van der Waals surface area contributed by atoms with E-state index in [0.717, 1.165) is 22.4 Å². The molecule has 3 aliphatic heterocycles. The number of amides is 2. The van der Waals surface area contributed by atoms with E-state index >= 15 is 0 Å². The van der Waals surface area contributed by atoms with Crippen LogP contribution in [0.15, 0.2) is 72.8 Å². The summed E-state index contributed by atoms with van der Waals surface area (Å²) in [5, 5.41) is 3.07. The largest absolute Gasteiger partial charge is 0.493 e. The number of rotatable bonds is 5.